The summed E-state index contributed by atoms with van der Waals surface area (Å²) in [5.41, 5.74) is -5.62. The van der Waals surface area contributed by atoms with E-state index in [0.717, 1.165) is 11.6 Å². The molecule has 0 radical (unpaired) electrons. The van der Waals surface area contributed by atoms with Gasteiger partial charge in [-0.2, -0.15) is 26.3 Å². The first-order valence-electron chi connectivity index (χ1n) is 9.87. The van der Waals surface area contributed by atoms with Gasteiger partial charge in [-0.25, -0.2) is 0 Å². The Morgan fingerprint density at radius 3 is 2.06 bits per heavy atom. The normalized spacial score (nSPS) is 12.4. The second-order valence-electron chi connectivity index (χ2n) is 7.12. The topological polar surface area (TPSA) is 65.0 Å². The van der Waals surface area contributed by atoms with E-state index in [4.69, 9.17) is 21.1 Å². The fraction of sp³-hybridized carbons (Fsp3) is 0.409. The van der Waals surface area contributed by atoms with Gasteiger partial charge in [0.2, 0.25) is 0 Å². The summed E-state index contributed by atoms with van der Waals surface area (Å²) in [5.74, 6) is 0.0984. The van der Waals surface area contributed by atoms with Crippen LogP contribution in [0.3, 0.4) is 0 Å². The lowest BCUT2D eigenvalue weighted by molar-refractivity contribution is -0.376. The summed E-state index contributed by atoms with van der Waals surface area (Å²) < 4.78 is 93.3. The van der Waals surface area contributed by atoms with Crippen molar-refractivity contribution in [3.05, 3.63) is 58.6 Å². The number of ether oxygens (including phenoxy) is 3. The number of hydrogen-bond donors (Lipinski definition) is 1. The van der Waals surface area contributed by atoms with Crippen molar-refractivity contribution in [3.63, 3.8) is 0 Å². The van der Waals surface area contributed by atoms with E-state index in [9.17, 15) is 36.2 Å². The van der Waals surface area contributed by atoms with E-state index in [2.05, 4.69) is 4.74 Å². The minimum atomic E-state index is -6.01. The number of carbonyl (C=O) groups is 1. The summed E-state index contributed by atoms with van der Waals surface area (Å²) in [6.45, 7) is 0.220. The lowest BCUT2D eigenvalue weighted by atomic mass is 9.92. The Bertz CT molecular complexity index is 946. The lowest BCUT2D eigenvalue weighted by Gasteiger charge is -2.32. The second-order valence-corrected chi connectivity index (χ2v) is 7.53. The van der Waals surface area contributed by atoms with Gasteiger partial charge in [0.1, 0.15) is 11.5 Å². The van der Waals surface area contributed by atoms with Crippen molar-refractivity contribution in [3.8, 4) is 11.5 Å². The fourth-order valence-electron chi connectivity index (χ4n) is 2.86. The molecule has 0 heterocycles. The molecule has 0 spiro atoms. The zero-order valence-corrected chi connectivity index (χ0v) is 18.6. The van der Waals surface area contributed by atoms with Crippen molar-refractivity contribution in [1.82, 2.24) is 0 Å². The third-order valence-electron chi connectivity index (χ3n) is 4.75. The average molecular weight is 515 g/mol. The number of hydrogen-bond acceptors (Lipinski definition) is 5. The van der Waals surface area contributed by atoms with Gasteiger partial charge >= 0.3 is 18.3 Å². The smallest absolute Gasteiger partial charge is 0.430 e. The van der Waals surface area contributed by atoms with Crippen LogP contribution in [0.2, 0.25) is 5.02 Å². The molecule has 0 aliphatic carbocycles. The number of halogens is 7. The molecule has 0 aliphatic heterocycles. The van der Waals surface area contributed by atoms with Crippen molar-refractivity contribution in [1.29, 1.82) is 0 Å². The second kappa shape index (κ2) is 11.2. The molecule has 0 saturated heterocycles. The average Bonchev–Trinajstić information content (AvgIpc) is 2.76. The van der Waals surface area contributed by atoms with Gasteiger partial charge in [-0.05, 0) is 36.2 Å². The first-order valence-corrected chi connectivity index (χ1v) is 10.2. The van der Waals surface area contributed by atoms with Crippen molar-refractivity contribution >= 4 is 17.6 Å². The molecule has 0 aromatic heterocycles. The molecule has 0 atom stereocenters. The Hall–Kier alpha value is -2.66. The Balaban J connectivity index is 1.87. The van der Waals surface area contributed by atoms with E-state index < -0.39 is 28.5 Å². The van der Waals surface area contributed by atoms with Gasteiger partial charge in [0.05, 0.1) is 25.3 Å². The number of methoxy groups -OCH3 is 1. The van der Waals surface area contributed by atoms with Crippen LogP contribution in [0, 0.1) is 0 Å². The van der Waals surface area contributed by atoms with Crippen molar-refractivity contribution in [2.24, 2.45) is 0 Å². The van der Waals surface area contributed by atoms with E-state index >= 15 is 0 Å². The number of esters is 1. The molecule has 2 rings (SSSR count). The van der Waals surface area contributed by atoms with Gasteiger partial charge in [0.15, 0.2) is 0 Å². The fourth-order valence-corrected chi connectivity index (χ4v) is 3.10. The van der Waals surface area contributed by atoms with E-state index in [1.165, 1.54) is 7.11 Å². The number of alkyl halides is 6. The van der Waals surface area contributed by atoms with Gasteiger partial charge in [0.25, 0.3) is 5.60 Å². The zero-order valence-electron chi connectivity index (χ0n) is 17.8. The van der Waals surface area contributed by atoms with Crippen LogP contribution in [0.4, 0.5) is 26.3 Å². The van der Waals surface area contributed by atoms with E-state index in [0.29, 0.717) is 30.7 Å². The van der Waals surface area contributed by atoms with Crippen LogP contribution in [0.5, 0.6) is 11.5 Å². The first-order chi connectivity index (χ1) is 15.8. The lowest BCUT2D eigenvalue weighted by Crippen LogP contribution is -2.53. The maximum atomic E-state index is 13.0. The third-order valence-corrected chi connectivity index (χ3v) is 5.05. The van der Waals surface area contributed by atoms with Gasteiger partial charge in [0, 0.05) is 18.4 Å². The van der Waals surface area contributed by atoms with Crippen molar-refractivity contribution in [2.45, 2.75) is 37.2 Å². The maximum absolute atomic E-state index is 13.0. The van der Waals surface area contributed by atoms with Gasteiger partial charge < -0.3 is 19.3 Å². The number of aliphatic hydroxyl groups is 1. The van der Waals surface area contributed by atoms with Crippen LogP contribution in [-0.2, 0) is 21.6 Å². The quantitative estimate of drug-likeness (QED) is 0.254. The molecule has 34 heavy (non-hydrogen) atoms. The largest absolute Gasteiger partial charge is 0.493 e. The minimum absolute atomic E-state index is 0.0130. The standard InChI is InChI=1S/C22H21ClF6O5/c1-32-19(30)10-5-14-3-7-16(8-4-14)33-11-2-12-34-18-9-6-15(13-17(18)23)20(31,21(24,25)26)22(27,28)29/h3-4,6-9,13,31H,2,5,10-12H2,1H3. The highest BCUT2D eigenvalue weighted by Crippen LogP contribution is 2.50. The monoisotopic (exact) mass is 514 g/mol. The summed E-state index contributed by atoms with van der Waals surface area (Å²) in [5, 5.41) is 8.90. The van der Waals surface area contributed by atoms with E-state index in [-0.39, 0.29) is 31.4 Å². The van der Waals surface area contributed by atoms with E-state index in [1.54, 1.807) is 24.3 Å². The Morgan fingerprint density at radius 2 is 1.53 bits per heavy atom. The molecule has 188 valence electrons. The first kappa shape index (κ1) is 27.6. The molecule has 0 fully saturated rings. The predicted octanol–water partition coefficient (Wildman–Crippen LogP) is 5.61. The summed E-state index contributed by atoms with van der Waals surface area (Å²) in [6.07, 6.45) is -10.9. The Morgan fingerprint density at radius 1 is 0.941 bits per heavy atom. The summed E-state index contributed by atoms with van der Waals surface area (Å²) >= 11 is 5.78. The van der Waals surface area contributed by atoms with Crippen LogP contribution in [0.1, 0.15) is 24.0 Å². The van der Waals surface area contributed by atoms with Crippen LogP contribution in [0.15, 0.2) is 42.5 Å². The van der Waals surface area contributed by atoms with Crippen LogP contribution in [0.25, 0.3) is 0 Å². The summed E-state index contributed by atoms with van der Waals surface area (Å²) in [7, 11) is 1.31. The van der Waals surface area contributed by atoms with Crippen LogP contribution in [-0.4, -0.2) is 43.8 Å². The maximum Gasteiger partial charge on any atom is 0.430 e. The molecular formula is C22H21ClF6O5. The minimum Gasteiger partial charge on any atom is -0.493 e. The van der Waals surface area contributed by atoms with Crippen LogP contribution >= 0.6 is 11.6 Å². The van der Waals surface area contributed by atoms with Crippen molar-refractivity contribution in [2.75, 3.05) is 20.3 Å². The van der Waals surface area contributed by atoms with E-state index in [1.807, 2.05) is 0 Å². The summed E-state index contributed by atoms with van der Waals surface area (Å²) in [4.78, 5) is 11.1. The molecule has 0 aliphatic rings. The SMILES string of the molecule is COC(=O)CCc1ccc(OCCCOc2ccc(C(O)(C(F)(F)F)C(F)(F)F)cc2Cl)cc1. The molecule has 2 aromatic carbocycles. The highest BCUT2D eigenvalue weighted by atomic mass is 35.5. The zero-order chi connectivity index (χ0) is 25.6. The Kier molecular flexibility index (Phi) is 9.07. The molecule has 1 N–H and O–H groups in total. The molecule has 2 aromatic rings. The molecule has 0 unspecified atom stereocenters. The molecule has 0 bridgehead atoms. The van der Waals surface area contributed by atoms with Gasteiger partial charge in [-0.15, -0.1) is 0 Å². The highest BCUT2D eigenvalue weighted by molar-refractivity contribution is 6.32. The highest BCUT2D eigenvalue weighted by Gasteiger charge is 2.71. The predicted molar refractivity (Wildman–Crippen MR) is 110 cm³/mol. The molecule has 5 nitrogen and oxygen atoms in total. The molecular weight excluding hydrogens is 494 g/mol. The third kappa shape index (κ3) is 6.69. The summed E-state index contributed by atoms with van der Waals surface area (Å²) in [6, 6.07) is 8.67. The number of carbonyl (C=O) groups excluding carboxylic acids is 1. The molecule has 0 saturated carbocycles. The van der Waals surface area contributed by atoms with Crippen molar-refractivity contribution < 1.29 is 50.5 Å². The molecule has 0 amide bonds. The Labute approximate surface area is 196 Å². The van der Waals surface area contributed by atoms with Crippen LogP contribution < -0.4 is 9.47 Å². The molecule has 12 heteroatoms. The number of benzene rings is 2. The van der Waals surface area contributed by atoms with Gasteiger partial charge in [-0.3, -0.25) is 4.79 Å². The number of aryl methyl sites for hydroxylation is 1. The van der Waals surface area contributed by atoms with Gasteiger partial charge in [-0.1, -0.05) is 29.8 Å². The number of rotatable bonds is 10.